The Kier molecular flexibility index (Phi) is 8.72. The van der Waals surface area contributed by atoms with Gasteiger partial charge in [-0.05, 0) is 69.2 Å². The van der Waals surface area contributed by atoms with E-state index in [1.165, 1.54) is 16.0 Å². The third kappa shape index (κ3) is 6.91. The number of nitrogens with one attached hydrogen (secondary N) is 1. The molecule has 2 aliphatic rings. The number of aryl methyl sites for hydroxylation is 1. The number of hydrogen-bond donors (Lipinski definition) is 2. The van der Waals surface area contributed by atoms with E-state index in [4.69, 9.17) is 20.2 Å². The SMILES string of the molecule is Cc1cc2c(cc1/N=C1/C(C(C)(C)C)=Nn3nc(C(C)CNS(C)(=O)=O)nc31)C(C)CC(C)(C)N2CCCCC(=O)O. The van der Waals surface area contributed by atoms with Crippen molar-refractivity contribution >= 4 is 38.8 Å². The molecule has 0 radical (unpaired) electrons. The quantitative estimate of drug-likeness (QED) is 0.367. The molecule has 1 aromatic carbocycles. The summed E-state index contributed by atoms with van der Waals surface area (Å²) < 4.78 is 25.7. The van der Waals surface area contributed by atoms with Crippen LogP contribution in [-0.2, 0) is 14.8 Å². The van der Waals surface area contributed by atoms with Crippen LogP contribution in [0.2, 0.25) is 0 Å². The summed E-state index contributed by atoms with van der Waals surface area (Å²) in [6.07, 6.45) is 3.76. The van der Waals surface area contributed by atoms with Crippen LogP contribution in [0.25, 0.3) is 0 Å². The van der Waals surface area contributed by atoms with Crippen LogP contribution in [0.1, 0.15) is 109 Å². The van der Waals surface area contributed by atoms with Gasteiger partial charge in [0, 0.05) is 42.1 Å². The number of fused-ring (bicyclic) bond motifs is 2. The minimum Gasteiger partial charge on any atom is -0.481 e. The number of sulfonamides is 1. The first-order chi connectivity index (χ1) is 19.4. The maximum Gasteiger partial charge on any atom is 0.303 e. The van der Waals surface area contributed by atoms with Crippen LogP contribution in [0, 0.1) is 12.3 Å². The van der Waals surface area contributed by atoms with E-state index in [0.717, 1.165) is 42.6 Å². The lowest BCUT2D eigenvalue weighted by Crippen LogP contribution is -2.48. The first kappa shape index (κ1) is 31.8. The van der Waals surface area contributed by atoms with Crippen molar-refractivity contribution in [2.75, 3.05) is 24.2 Å². The first-order valence-corrected chi connectivity index (χ1v) is 16.5. The van der Waals surface area contributed by atoms with E-state index in [0.29, 0.717) is 29.7 Å². The fraction of sp³-hybridized carbons (Fsp3) is 0.633. The largest absolute Gasteiger partial charge is 0.481 e. The van der Waals surface area contributed by atoms with Crippen molar-refractivity contribution in [2.45, 2.75) is 98.4 Å². The van der Waals surface area contributed by atoms with Crippen LogP contribution in [-0.4, -0.2) is 70.7 Å². The van der Waals surface area contributed by atoms with Gasteiger partial charge in [-0.25, -0.2) is 23.1 Å². The number of nitrogens with zero attached hydrogens (tertiary/aromatic N) is 6. The maximum absolute atomic E-state index is 11.6. The van der Waals surface area contributed by atoms with Crippen molar-refractivity contribution in [1.29, 1.82) is 0 Å². The summed E-state index contributed by atoms with van der Waals surface area (Å²) >= 11 is 0. The lowest BCUT2D eigenvalue weighted by atomic mass is 9.79. The summed E-state index contributed by atoms with van der Waals surface area (Å²) in [5.41, 5.74) is 5.39. The molecule has 2 atom stereocenters. The van der Waals surface area contributed by atoms with Gasteiger partial charge in [0.1, 0.15) is 5.71 Å². The monoisotopic (exact) mass is 599 g/mol. The van der Waals surface area contributed by atoms with Crippen LogP contribution in [0.4, 0.5) is 11.4 Å². The Balaban J connectivity index is 1.72. The predicted octanol–water partition coefficient (Wildman–Crippen LogP) is 4.97. The number of aromatic nitrogens is 3. The summed E-state index contributed by atoms with van der Waals surface area (Å²) in [7, 11) is -3.33. The van der Waals surface area contributed by atoms with Crippen molar-refractivity contribution in [3.05, 3.63) is 34.9 Å². The van der Waals surface area contributed by atoms with Crippen LogP contribution in [0.3, 0.4) is 0 Å². The van der Waals surface area contributed by atoms with Crippen molar-refractivity contribution in [2.24, 2.45) is 15.5 Å². The topological polar surface area (TPSA) is 142 Å². The average molecular weight is 600 g/mol. The number of hydrogen-bond acceptors (Lipinski definition) is 8. The number of anilines is 1. The first-order valence-electron chi connectivity index (χ1n) is 14.6. The molecule has 0 fully saturated rings. The Morgan fingerprint density at radius 2 is 1.95 bits per heavy atom. The standard InChI is InChI=1S/C30H45N7O4S/c1-18-14-23-21(19(2)16-30(7,8)36(23)13-11-10-12-24(38)39)15-22(18)32-25-26(29(4,5)6)34-37-28(25)33-27(35-37)20(3)17-31-42(9,40)41/h14-15,19-20,31H,10-13,16-17H2,1-9H3,(H,38,39)/b32-25-. The zero-order valence-corrected chi connectivity index (χ0v) is 27.1. The molecule has 2 aliphatic heterocycles. The van der Waals surface area contributed by atoms with Gasteiger partial charge < -0.3 is 10.0 Å². The number of carbonyl (C=O) groups is 1. The lowest BCUT2D eigenvalue weighted by Gasteiger charge is -2.48. The van der Waals surface area contributed by atoms with Gasteiger partial charge in [0.2, 0.25) is 15.8 Å². The second kappa shape index (κ2) is 11.5. The Hall–Kier alpha value is -3.12. The summed E-state index contributed by atoms with van der Waals surface area (Å²) in [5, 5.41) is 18.4. The Bertz CT molecular complexity index is 1530. The van der Waals surface area contributed by atoms with Gasteiger partial charge in [-0.2, -0.15) is 5.10 Å². The Morgan fingerprint density at radius 1 is 1.26 bits per heavy atom. The van der Waals surface area contributed by atoms with E-state index in [-0.39, 0.29) is 29.8 Å². The molecule has 42 heavy (non-hydrogen) atoms. The molecule has 2 unspecified atom stereocenters. The van der Waals surface area contributed by atoms with Crippen LogP contribution >= 0.6 is 0 Å². The van der Waals surface area contributed by atoms with Crippen LogP contribution in [0.5, 0.6) is 0 Å². The average Bonchev–Trinajstić information content (AvgIpc) is 3.41. The molecule has 0 bridgehead atoms. The van der Waals surface area contributed by atoms with Crippen molar-refractivity contribution < 1.29 is 18.3 Å². The fourth-order valence-corrected chi connectivity index (χ4v) is 6.35. The summed E-state index contributed by atoms with van der Waals surface area (Å²) in [6.45, 7) is 17.9. The molecule has 0 aliphatic carbocycles. The van der Waals surface area contributed by atoms with E-state index in [1.807, 2.05) is 6.92 Å². The van der Waals surface area contributed by atoms with Gasteiger partial charge in [-0.1, -0.05) is 34.6 Å². The summed E-state index contributed by atoms with van der Waals surface area (Å²) in [6, 6.07) is 4.39. The molecular formula is C30H45N7O4S. The highest BCUT2D eigenvalue weighted by atomic mass is 32.2. The molecular weight excluding hydrogens is 554 g/mol. The third-order valence-corrected chi connectivity index (χ3v) is 8.69. The van der Waals surface area contributed by atoms with Crippen molar-refractivity contribution in [3.8, 4) is 0 Å². The Labute approximate surface area is 249 Å². The van der Waals surface area contributed by atoms with Gasteiger partial charge >= 0.3 is 5.97 Å². The smallest absolute Gasteiger partial charge is 0.303 e. The zero-order valence-electron chi connectivity index (χ0n) is 26.3. The molecule has 230 valence electrons. The molecule has 0 spiro atoms. The highest BCUT2D eigenvalue weighted by molar-refractivity contribution is 7.88. The summed E-state index contributed by atoms with van der Waals surface area (Å²) in [4.78, 5) is 24.9. The summed E-state index contributed by atoms with van der Waals surface area (Å²) in [5.74, 6) is 0.371. The number of aliphatic imine (C=N–C) groups is 1. The minimum absolute atomic E-state index is 0.0531. The number of unbranched alkanes of at least 4 members (excludes halogenated alkanes) is 1. The van der Waals surface area contributed by atoms with E-state index < -0.39 is 16.0 Å². The predicted molar refractivity (Wildman–Crippen MR) is 167 cm³/mol. The van der Waals surface area contributed by atoms with E-state index in [2.05, 4.69) is 75.3 Å². The van der Waals surface area contributed by atoms with Crippen molar-refractivity contribution in [3.63, 3.8) is 0 Å². The van der Waals surface area contributed by atoms with Gasteiger partial charge in [-0.3, -0.25) is 4.79 Å². The molecule has 11 nitrogen and oxygen atoms in total. The third-order valence-electron chi connectivity index (χ3n) is 8.00. The lowest BCUT2D eigenvalue weighted by molar-refractivity contribution is -0.137. The maximum atomic E-state index is 11.6. The number of benzene rings is 1. The molecule has 0 saturated carbocycles. The molecule has 1 aromatic heterocycles. The Morgan fingerprint density at radius 3 is 2.57 bits per heavy atom. The molecule has 2 aromatic rings. The highest BCUT2D eigenvalue weighted by Gasteiger charge is 2.38. The molecule has 12 heteroatoms. The second-order valence-corrected chi connectivity index (χ2v) is 15.3. The molecule has 3 heterocycles. The van der Waals surface area contributed by atoms with Gasteiger partial charge in [0.05, 0.1) is 17.7 Å². The van der Waals surface area contributed by atoms with Gasteiger partial charge in [-0.15, -0.1) is 9.89 Å². The minimum atomic E-state index is -3.33. The van der Waals surface area contributed by atoms with Crippen molar-refractivity contribution in [1.82, 2.24) is 19.6 Å². The zero-order chi connectivity index (χ0) is 31.2. The number of rotatable bonds is 10. The number of aliphatic carboxylic acids is 1. The normalized spacial score (nSPS) is 19.9. The van der Waals surface area contributed by atoms with Crippen LogP contribution in [0.15, 0.2) is 22.2 Å². The van der Waals surface area contributed by atoms with E-state index in [1.54, 1.807) is 0 Å². The van der Waals surface area contributed by atoms with Crippen LogP contribution < -0.4 is 9.62 Å². The molecule has 0 saturated heterocycles. The van der Waals surface area contributed by atoms with Gasteiger partial charge in [0.25, 0.3) is 0 Å². The molecule has 0 amide bonds. The van der Waals surface area contributed by atoms with E-state index in [9.17, 15) is 13.2 Å². The highest BCUT2D eigenvalue weighted by Crippen LogP contribution is 2.46. The van der Waals surface area contributed by atoms with E-state index >= 15 is 0 Å². The number of carboxylic acids is 1. The molecule has 4 rings (SSSR count). The molecule has 2 N–H and O–H groups in total. The van der Waals surface area contributed by atoms with Gasteiger partial charge in [0.15, 0.2) is 5.82 Å². The second-order valence-electron chi connectivity index (χ2n) is 13.5. The number of carboxylic acid groups (broad SMARTS) is 1. The fourth-order valence-electron chi connectivity index (χ4n) is 5.80.